The molecule has 72 heavy (non-hydrogen) atoms. The Morgan fingerprint density at radius 3 is 2.03 bits per heavy atom. The van der Waals surface area contributed by atoms with Gasteiger partial charge in [0.05, 0.1) is 57.6 Å². The van der Waals surface area contributed by atoms with E-state index in [4.69, 9.17) is 61.1 Å². The van der Waals surface area contributed by atoms with E-state index in [-0.39, 0.29) is 55.8 Å². The van der Waals surface area contributed by atoms with Gasteiger partial charge in [0.1, 0.15) is 24.1 Å². The highest BCUT2D eigenvalue weighted by molar-refractivity contribution is 6.42. The normalized spacial score (nSPS) is 42.9. The number of aliphatic hydroxyl groups excluding tert-OH is 2. The maximum absolute atomic E-state index is 15.3. The molecule has 5 heterocycles. The van der Waals surface area contributed by atoms with Crippen LogP contribution < -0.4 is 0 Å². The monoisotopic (exact) mass is 1050 g/mol. The second-order valence-corrected chi connectivity index (χ2v) is 24.1. The topological polar surface area (TPSA) is 172 Å². The van der Waals surface area contributed by atoms with Crippen molar-refractivity contribution in [1.29, 1.82) is 0 Å². The lowest BCUT2D eigenvalue weighted by atomic mass is 9.73. The summed E-state index contributed by atoms with van der Waals surface area (Å²) >= 11 is 12.6. The number of benzene rings is 1. The van der Waals surface area contributed by atoms with Crippen molar-refractivity contribution in [3.63, 3.8) is 0 Å². The van der Waals surface area contributed by atoms with E-state index in [2.05, 4.69) is 32.6 Å². The molecule has 1 amide bonds. The van der Waals surface area contributed by atoms with Gasteiger partial charge in [0, 0.05) is 63.1 Å². The standard InChI is InChI=1S/C55H88Cl2N2O13/c1-17-42-55(14)47(58(52(64)72-55)23-22-36-18-19-37(56)38(57)25-36)32(8)44(60)30(6)26-54(13,66-16)49(33(9)46(34(10)50(63)69-42)70-43-27-53(12,65-15)48(62)35(11)68-43)71-51-45(61)41(24-31(7)67-51)59-39(28(2)3)20-21-40(59)29(4)5/h18-19,25,28-35,39-43,45-49,51,61-62H,17,20-24,26-27H2,1-16H3. The van der Waals surface area contributed by atoms with E-state index in [1.54, 1.807) is 58.8 Å². The number of Topliss-reactive ketones (excluding diaryl/α,β-unsaturated/α-hetero) is 1. The summed E-state index contributed by atoms with van der Waals surface area (Å²) in [4.78, 5) is 48.7. The van der Waals surface area contributed by atoms with Crippen molar-refractivity contribution in [2.75, 3.05) is 20.8 Å². The SMILES string of the molecule is CCC1OC(=O)C(C)C(OC2CC(C)(OC)C(O)C(C)O2)C(C)C(OC2OC(C)CC(N3C(C(C)C)CCC3C(C)C)C2O)C(C)(OC)CC(C)C(=O)C(C)C2N(CCc3ccc(Cl)c(Cl)c3)C(=O)OC12C. The largest absolute Gasteiger partial charge is 0.458 e. The van der Waals surface area contributed by atoms with Crippen LogP contribution in [0, 0.1) is 35.5 Å². The molecule has 0 radical (unpaired) electrons. The molecule has 2 N–H and O–H groups in total. The van der Waals surface area contributed by atoms with E-state index < -0.39 is 108 Å². The zero-order chi connectivity index (χ0) is 53.5. The molecule has 0 aliphatic carbocycles. The van der Waals surface area contributed by atoms with E-state index in [0.717, 1.165) is 18.4 Å². The summed E-state index contributed by atoms with van der Waals surface area (Å²) in [5.74, 6) is -3.33. The molecular weight excluding hydrogens is 968 g/mol. The molecule has 6 rings (SSSR count). The van der Waals surface area contributed by atoms with Gasteiger partial charge in [-0.25, -0.2) is 4.79 Å². The Labute approximate surface area is 439 Å². The minimum absolute atomic E-state index is 0.120. The van der Waals surface area contributed by atoms with Crippen LogP contribution in [-0.4, -0.2) is 155 Å². The molecule has 17 heteroatoms. The van der Waals surface area contributed by atoms with E-state index >= 15 is 9.59 Å². The number of halogens is 2. The number of amides is 1. The molecule has 5 fully saturated rings. The molecule has 5 aliphatic heterocycles. The first-order chi connectivity index (χ1) is 33.7. The van der Waals surface area contributed by atoms with Crippen molar-refractivity contribution < 1.29 is 62.5 Å². The third kappa shape index (κ3) is 11.9. The lowest BCUT2D eigenvalue weighted by Crippen LogP contribution is -2.63. The summed E-state index contributed by atoms with van der Waals surface area (Å²) in [6.07, 6.45) is -5.26. The molecule has 20 atom stereocenters. The predicted octanol–water partition coefficient (Wildman–Crippen LogP) is 9.04. The summed E-state index contributed by atoms with van der Waals surface area (Å²) in [5, 5.41) is 24.7. The van der Waals surface area contributed by atoms with Crippen LogP contribution >= 0.6 is 23.2 Å². The van der Waals surface area contributed by atoms with Gasteiger partial charge in [-0.3, -0.25) is 19.4 Å². The van der Waals surface area contributed by atoms with Crippen LogP contribution in [0.5, 0.6) is 0 Å². The Bertz CT molecular complexity index is 2020. The summed E-state index contributed by atoms with van der Waals surface area (Å²) in [6, 6.07) is 4.67. The number of likely N-dealkylation sites (tertiary alicyclic amines) is 1. The van der Waals surface area contributed by atoms with Gasteiger partial charge in [0.2, 0.25) is 0 Å². The third-order valence-corrected chi connectivity index (χ3v) is 18.3. The molecular formula is C55H88Cl2N2O13. The first-order valence-corrected chi connectivity index (χ1v) is 27.5. The second-order valence-electron chi connectivity index (χ2n) is 23.3. The van der Waals surface area contributed by atoms with E-state index in [1.807, 2.05) is 40.7 Å². The average molecular weight is 1060 g/mol. The Morgan fingerprint density at radius 2 is 1.46 bits per heavy atom. The second kappa shape index (κ2) is 23.6. The van der Waals surface area contributed by atoms with Gasteiger partial charge in [0.15, 0.2) is 18.2 Å². The number of hydrogen-bond donors (Lipinski definition) is 2. The Hall–Kier alpha value is -2.15. The van der Waals surface area contributed by atoms with Gasteiger partial charge in [-0.05, 0) is 110 Å². The van der Waals surface area contributed by atoms with Gasteiger partial charge < -0.3 is 48.1 Å². The number of carbonyl (C=O) groups excluding carboxylic acids is 3. The van der Waals surface area contributed by atoms with E-state index in [1.165, 1.54) is 7.11 Å². The van der Waals surface area contributed by atoms with Crippen molar-refractivity contribution in [2.24, 2.45) is 35.5 Å². The number of rotatable bonds is 13. The Morgan fingerprint density at radius 1 is 0.833 bits per heavy atom. The van der Waals surface area contributed by atoms with Crippen molar-refractivity contribution in [2.45, 2.75) is 238 Å². The number of nitrogens with zero attached hydrogens (tertiary/aromatic N) is 2. The summed E-state index contributed by atoms with van der Waals surface area (Å²) in [5.41, 5.74) is -2.98. The molecule has 15 nitrogen and oxygen atoms in total. The molecule has 20 unspecified atom stereocenters. The molecule has 0 bridgehead atoms. The maximum Gasteiger partial charge on any atom is 0.410 e. The van der Waals surface area contributed by atoms with Crippen LogP contribution in [0.3, 0.4) is 0 Å². The fourth-order valence-electron chi connectivity index (χ4n) is 13.3. The van der Waals surface area contributed by atoms with Crippen molar-refractivity contribution in [3.05, 3.63) is 33.8 Å². The molecule has 0 spiro atoms. The zero-order valence-corrected chi connectivity index (χ0v) is 47.4. The van der Waals surface area contributed by atoms with Crippen molar-refractivity contribution in [3.8, 4) is 0 Å². The number of aliphatic hydroxyl groups is 2. The van der Waals surface area contributed by atoms with Crippen molar-refractivity contribution in [1.82, 2.24) is 9.80 Å². The van der Waals surface area contributed by atoms with Gasteiger partial charge >= 0.3 is 12.1 Å². The third-order valence-electron chi connectivity index (χ3n) is 17.5. The predicted molar refractivity (Wildman–Crippen MR) is 275 cm³/mol. The number of carbonyl (C=O) groups is 3. The number of esters is 1. The van der Waals surface area contributed by atoms with Crippen LogP contribution in [0.4, 0.5) is 4.79 Å². The zero-order valence-electron chi connectivity index (χ0n) is 45.9. The van der Waals surface area contributed by atoms with Gasteiger partial charge in [0.25, 0.3) is 0 Å². The van der Waals surface area contributed by atoms with Crippen molar-refractivity contribution >= 4 is 41.0 Å². The van der Waals surface area contributed by atoms with Gasteiger partial charge in [-0.2, -0.15) is 0 Å². The first-order valence-electron chi connectivity index (χ1n) is 26.7. The number of ether oxygens (including phenoxy) is 8. The quantitative estimate of drug-likeness (QED) is 0.179. The minimum atomic E-state index is -1.46. The summed E-state index contributed by atoms with van der Waals surface area (Å²) in [7, 11) is 3.10. The van der Waals surface area contributed by atoms with Crippen LogP contribution in [-0.2, 0) is 53.9 Å². The molecule has 0 saturated carbocycles. The van der Waals surface area contributed by atoms with E-state index in [9.17, 15) is 15.0 Å². The number of fused-ring (bicyclic) bond motifs is 1. The molecule has 1 aromatic carbocycles. The molecule has 0 aromatic heterocycles. The highest BCUT2D eigenvalue weighted by Crippen LogP contribution is 2.46. The maximum atomic E-state index is 15.3. The fraction of sp³-hybridized carbons (Fsp3) is 0.836. The number of cyclic esters (lactones) is 1. The Balaban J connectivity index is 1.46. The highest BCUT2D eigenvalue weighted by Gasteiger charge is 2.61. The van der Waals surface area contributed by atoms with E-state index in [0.29, 0.717) is 34.7 Å². The lowest BCUT2D eigenvalue weighted by Gasteiger charge is -2.51. The summed E-state index contributed by atoms with van der Waals surface area (Å²) in [6.45, 7) is 27.5. The van der Waals surface area contributed by atoms with Crippen LogP contribution in [0.2, 0.25) is 10.0 Å². The number of hydrogen-bond acceptors (Lipinski definition) is 14. The molecule has 5 aliphatic rings. The Kier molecular flexibility index (Phi) is 19.4. The minimum Gasteiger partial charge on any atom is -0.458 e. The number of methoxy groups -OCH3 is 2. The summed E-state index contributed by atoms with van der Waals surface area (Å²) < 4.78 is 52.6. The number of ketones is 1. The molecule has 1 aromatic rings. The molecule has 410 valence electrons. The van der Waals surface area contributed by atoms with Crippen LogP contribution in [0.25, 0.3) is 0 Å². The van der Waals surface area contributed by atoms with Gasteiger partial charge in [-0.1, -0.05) is 84.7 Å². The smallest absolute Gasteiger partial charge is 0.410 e. The average Bonchev–Trinajstić information content (AvgIpc) is 3.89. The lowest BCUT2D eigenvalue weighted by molar-refractivity contribution is -0.320. The van der Waals surface area contributed by atoms with Crippen LogP contribution in [0.1, 0.15) is 141 Å². The van der Waals surface area contributed by atoms with Gasteiger partial charge in [-0.15, -0.1) is 0 Å². The molecule has 5 saturated heterocycles. The first kappa shape index (κ1) is 59.1. The van der Waals surface area contributed by atoms with Crippen LogP contribution in [0.15, 0.2) is 18.2 Å². The fourth-order valence-corrected chi connectivity index (χ4v) is 13.6. The highest BCUT2D eigenvalue weighted by atomic mass is 35.5.